The van der Waals surface area contributed by atoms with Gasteiger partial charge < -0.3 is 19.4 Å². The second kappa shape index (κ2) is 9.23. The van der Waals surface area contributed by atoms with E-state index in [-0.39, 0.29) is 18.0 Å². The third-order valence-electron chi connectivity index (χ3n) is 4.78. The lowest BCUT2D eigenvalue weighted by molar-refractivity contribution is -0.131. The molecule has 2 aromatic carbocycles. The SMILES string of the molecule is CCC(=O)N(CCc1ccc(OC)c(OC)c1)Cc1nc2ccccc2c(=O)[nH]1. The molecular weight excluding hydrogens is 370 g/mol. The molecule has 0 aliphatic rings. The van der Waals surface area contributed by atoms with E-state index in [0.717, 1.165) is 5.56 Å². The van der Waals surface area contributed by atoms with Gasteiger partial charge in [-0.3, -0.25) is 9.59 Å². The number of aromatic nitrogens is 2. The van der Waals surface area contributed by atoms with Gasteiger partial charge in [0.05, 0.1) is 31.7 Å². The summed E-state index contributed by atoms with van der Waals surface area (Å²) in [7, 11) is 3.19. The Hall–Kier alpha value is -3.35. The van der Waals surface area contributed by atoms with Gasteiger partial charge in [0.15, 0.2) is 11.5 Å². The number of nitrogens with zero attached hydrogens (tertiary/aromatic N) is 2. The lowest BCUT2D eigenvalue weighted by Crippen LogP contribution is -2.33. The molecule has 1 aromatic heterocycles. The average molecular weight is 395 g/mol. The number of rotatable bonds is 8. The van der Waals surface area contributed by atoms with E-state index in [2.05, 4.69) is 9.97 Å². The van der Waals surface area contributed by atoms with E-state index in [1.54, 1.807) is 37.3 Å². The molecule has 0 unspecified atom stereocenters. The van der Waals surface area contributed by atoms with Crippen LogP contribution in [-0.2, 0) is 17.8 Å². The van der Waals surface area contributed by atoms with Crippen molar-refractivity contribution in [2.24, 2.45) is 0 Å². The van der Waals surface area contributed by atoms with Crippen LogP contribution >= 0.6 is 0 Å². The highest BCUT2D eigenvalue weighted by atomic mass is 16.5. The molecule has 7 nitrogen and oxygen atoms in total. The van der Waals surface area contributed by atoms with Crippen molar-refractivity contribution < 1.29 is 14.3 Å². The van der Waals surface area contributed by atoms with Crippen molar-refractivity contribution in [1.29, 1.82) is 0 Å². The second-order valence-electron chi connectivity index (χ2n) is 6.64. The Kier molecular flexibility index (Phi) is 6.49. The molecule has 0 radical (unpaired) electrons. The van der Waals surface area contributed by atoms with Gasteiger partial charge in [-0.05, 0) is 36.2 Å². The molecule has 152 valence electrons. The van der Waals surface area contributed by atoms with Crippen LogP contribution in [-0.4, -0.2) is 41.5 Å². The number of ether oxygens (including phenoxy) is 2. The number of carbonyl (C=O) groups excluding carboxylic acids is 1. The number of nitrogens with one attached hydrogen (secondary N) is 1. The van der Waals surface area contributed by atoms with Crippen molar-refractivity contribution >= 4 is 16.8 Å². The lowest BCUT2D eigenvalue weighted by atomic mass is 10.1. The summed E-state index contributed by atoms with van der Waals surface area (Å²) in [5, 5.41) is 0.537. The highest BCUT2D eigenvalue weighted by Crippen LogP contribution is 2.27. The Bertz CT molecular complexity index is 1060. The zero-order valence-corrected chi connectivity index (χ0v) is 16.9. The molecule has 7 heteroatoms. The fraction of sp³-hybridized carbons (Fsp3) is 0.318. The third kappa shape index (κ3) is 4.74. The van der Waals surface area contributed by atoms with Crippen molar-refractivity contribution in [3.63, 3.8) is 0 Å². The number of fused-ring (bicyclic) bond motifs is 1. The summed E-state index contributed by atoms with van der Waals surface area (Å²) in [5.74, 6) is 1.79. The Labute approximate surface area is 169 Å². The number of methoxy groups -OCH3 is 2. The van der Waals surface area contributed by atoms with Crippen molar-refractivity contribution in [3.8, 4) is 11.5 Å². The van der Waals surface area contributed by atoms with Crippen LogP contribution in [0.2, 0.25) is 0 Å². The minimum Gasteiger partial charge on any atom is -0.493 e. The van der Waals surface area contributed by atoms with Crippen LogP contribution < -0.4 is 15.0 Å². The van der Waals surface area contributed by atoms with Crippen molar-refractivity contribution in [2.45, 2.75) is 26.3 Å². The number of H-pyrrole nitrogens is 1. The first-order valence-electron chi connectivity index (χ1n) is 9.52. The molecule has 1 N–H and O–H groups in total. The molecule has 3 aromatic rings. The second-order valence-corrected chi connectivity index (χ2v) is 6.64. The number of hydrogen-bond donors (Lipinski definition) is 1. The molecule has 0 saturated heterocycles. The van der Waals surface area contributed by atoms with Crippen molar-refractivity contribution in [2.75, 3.05) is 20.8 Å². The molecule has 0 fully saturated rings. The van der Waals surface area contributed by atoms with Crippen molar-refractivity contribution in [3.05, 3.63) is 64.2 Å². The summed E-state index contributed by atoms with van der Waals surface area (Å²) in [6, 6.07) is 12.9. The number of hydrogen-bond acceptors (Lipinski definition) is 5. The van der Waals surface area contributed by atoms with E-state index >= 15 is 0 Å². The molecule has 0 spiro atoms. The van der Waals surface area contributed by atoms with Crippen molar-refractivity contribution in [1.82, 2.24) is 14.9 Å². The Morgan fingerprint density at radius 3 is 2.59 bits per heavy atom. The van der Waals surface area contributed by atoms with Gasteiger partial charge in [0.1, 0.15) is 5.82 Å². The number of benzene rings is 2. The molecule has 0 aliphatic heterocycles. The Morgan fingerprint density at radius 1 is 1.10 bits per heavy atom. The van der Waals surface area contributed by atoms with Gasteiger partial charge in [0.25, 0.3) is 5.56 Å². The Balaban J connectivity index is 1.79. The van der Waals surface area contributed by atoms with Crippen LogP contribution in [0.15, 0.2) is 47.3 Å². The zero-order chi connectivity index (χ0) is 20.8. The first-order chi connectivity index (χ1) is 14.0. The summed E-state index contributed by atoms with van der Waals surface area (Å²) >= 11 is 0. The largest absolute Gasteiger partial charge is 0.493 e. The molecule has 29 heavy (non-hydrogen) atoms. The first kappa shape index (κ1) is 20.4. The van der Waals surface area contributed by atoms with E-state index in [4.69, 9.17) is 9.47 Å². The zero-order valence-electron chi connectivity index (χ0n) is 16.9. The van der Waals surface area contributed by atoms with Gasteiger partial charge in [-0.25, -0.2) is 4.98 Å². The molecule has 1 amide bonds. The lowest BCUT2D eigenvalue weighted by Gasteiger charge is -2.22. The monoisotopic (exact) mass is 395 g/mol. The number of amides is 1. The van der Waals surface area contributed by atoms with E-state index in [0.29, 0.717) is 47.6 Å². The maximum absolute atomic E-state index is 12.5. The highest BCUT2D eigenvalue weighted by molar-refractivity contribution is 5.77. The average Bonchev–Trinajstić information content (AvgIpc) is 2.75. The fourth-order valence-electron chi connectivity index (χ4n) is 3.21. The quantitative estimate of drug-likeness (QED) is 0.634. The smallest absolute Gasteiger partial charge is 0.258 e. The molecule has 0 bridgehead atoms. The summed E-state index contributed by atoms with van der Waals surface area (Å²) in [4.78, 5) is 33.8. The summed E-state index contributed by atoms with van der Waals surface area (Å²) < 4.78 is 10.6. The first-order valence-corrected chi connectivity index (χ1v) is 9.52. The molecule has 3 rings (SSSR count). The standard InChI is InChI=1S/C22H25N3O4/c1-4-21(26)25(12-11-15-9-10-18(28-2)19(13-15)29-3)14-20-23-17-8-6-5-7-16(17)22(27)24-20/h5-10,13H,4,11-12,14H2,1-3H3,(H,23,24,27). The van der Waals surface area contributed by atoms with Gasteiger partial charge in [-0.1, -0.05) is 25.1 Å². The maximum Gasteiger partial charge on any atom is 0.258 e. The van der Waals surface area contributed by atoms with Gasteiger partial charge in [0.2, 0.25) is 5.91 Å². The third-order valence-corrected chi connectivity index (χ3v) is 4.78. The summed E-state index contributed by atoms with van der Waals surface area (Å²) in [6.07, 6.45) is 1.02. The summed E-state index contributed by atoms with van der Waals surface area (Å²) in [5.41, 5.74) is 1.45. The van der Waals surface area contributed by atoms with Crippen LogP contribution in [0.5, 0.6) is 11.5 Å². The molecule has 0 aliphatic carbocycles. The summed E-state index contributed by atoms with van der Waals surface area (Å²) in [6.45, 7) is 2.57. The Morgan fingerprint density at radius 2 is 1.86 bits per heavy atom. The molecular formula is C22H25N3O4. The van der Waals surface area contributed by atoms with E-state index in [9.17, 15) is 9.59 Å². The molecule has 1 heterocycles. The topological polar surface area (TPSA) is 84.5 Å². The number of para-hydroxylation sites is 1. The van der Waals surface area contributed by atoms with Crippen LogP contribution in [0.3, 0.4) is 0 Å². The van der Waals surface area contributed by atoms with E-state index in [1.165, 1.54) is 0 Å². The normalized spacial score (nSPS) is 10.7. The predicted octanol–water partition coefficient (Wildman–Crippen LogP) is 2.92. The minimum atomic E-state index is -0.200. The molecule has 0 saturated carbocycles. The fourth-order valence-corrected chi connectivity index (χ4v) is 3.21. The van der Waals surface area contributed by atoms with E-state index in [1.807, 2.05) is 31.2 Å². The maximum atomic E-state index is 12.5. The predicted molar refractivity (Wildman–Crippen MR) is 111 cm³/mol. The van der Waals surface area contributed by atoms with Crippen LogP contribution in [0, 0.1) is 0 Å². The molecule has 0 atom stereocenters. The minimum absolute atomic E-state index is 0.00119. The number of aromatic amines is 1. The van der Waals surface area contributed by atoms with Crippen LogP contribution in [0.25, 0.3) is 10.9 Å². The number of carbonyl (C=O) groups is 1. The van der Waals surface area contributed by atoms with Crippen LogP contribution in [0.1, 0.15) is 24.7 Å². The highest BCUT2D eigenvalue weighted by Gasteiger charge is 2.15. The van der Waals surface area contributed by atoms with E-state index < -0.39 is 0 Å². The van der Waals surface area contributed by atoms with Gasteiger partial charge in [0, 0.05) is 13.0 Å². The van der Waals surface area contributed by atoms with Gasteiger partial charge >= 0.3 is 0 Å². The van der Waals surface area contributed by atoms with Gasteiger partial charge in [-0.2, -0.15) is 0 Å². The van der Waals surface area contributed by atoms with Gasteiger partial charge in [-0.15, -0.1) is 0 Å². The van der Waals surface area contributed by atoms with Crippen LogP contribution in [0.4, 0.5) is 0 Å².